The molecule has 2 N–H and O–H groups in total. The molecule has 134 valence electrons. The van der Waals surface area contributed by atoms with Gasteiger partial charge in [0.25, 0.3) is 0 Å². The van der Waals surface area contributed by atoms with Crippen LogP contribution in [0.5, 0.6) is 0 Å². The molecule has 0 amide bonds. The number of aromatic nitrogens is 4. The Morgan fingerprint density at radius 1 is 0.607 bits per heavy atom. The van der Waals surface area contributed by atoms with Gasteiger partial charge in [0.1, 0.15) is 0 Å². The van der Waals surface area contributed by atoms with Crippen molar-refractivity contribution in [3.63, 3.8) is 0 Å². The molecule has 28 heavy (non-hydrogen) atoms. The van der Waals surface area contributed by atoms with Crippen LogP contribution in [0.1, 0.15) is 0 Å². The van der Waals surface area contributed by atoms with Crippen molar-refractivity contribution in [3.05, 3.63) is 73.2 Å². The van der Waals surface area contributed by atoms with Gasteiger partial charge < -0.3 is 18.8 Å². The van der Waals surface area contributed by atoms with Crippen LogP contribution >= 0.6 is 0 Å². The lowest BCUT2D eigenvalue weighted by molar-refractivity contribution is 0.578. The number of fused-ring (bicyclic) bond motifs is 2. The summed E-state index contributed by atoms with van der Waals surface area (Å²) in [5, 5.41) is 0. The highest BCUT2D eigenvalue weighted by molar-refractivity contribution is 5.88. The van der Waals surface area contributed by atoms with E-state index in [9.17, 15) is 0 Å². The van der Waals surface area contributed by atoms with E-state index in [-0.39, 0.29) is 0 Å². The van der Waals surface area contributed by atoms with Crippen molar-refractivity contribution in [1.29, 1.82) is 0 Å². The maximum Gasteiger partial charge on any atom is 0.174 e. The molecule has 6 heteroatoms. The minimum Gasteiger partial charge on any atom is -0.461 e. The first kappa shape index (κ1) is 15.0. The van der Waals surface area contributed by atoms with Gasteiger partial charge in [0.15, 0.2) is 23.2 Å². The van der Waals surface area contributed by atoms with Crippen LogP contribution in [0.4, 0.5) is 0 Å². The van der Waals surface area contributed by atoms with E-state index in [1.807, 2.05) is 36.4 Å². The third-order valence-electron chi connectivity index (χ3n) is 4.81. The van der Waals surface area contributed by atoms with E-state index >= 15 is 0 Å². The molecule has 2 aromatic carbocycles. The standard InChI is InChI=1S/C22H14N4O2/c1-3-19(27-9-1)21-23-15-7-5-13(11-17(15)25-21)14-6-8-16-18(12-14)26-22(24-16)20-4-2-10-28-20/h1-12H,(H,23,25)(H,24,26). The molecule has 6 rings (SSSR count). The molecule has 0 bridgehead atoms. The van der Waals surface area contributed by atoms with Crippen LogP contribution in [0.25, 0.3) is 56.4 Å². The maximum absolute atomic E-state index is 5.43. The van der Waals surface area contributed by atoms with E-state index in [1.54, 1.807) is 12.5 Å². The highest BCUT2D eigenvalue weighted by Gasteiger charge is 2.11. The van der Waals surface area contributed by atoms with E-state index < -0.39 is 0 Å². The molecule has 0 unspecified atom stereocenters. The number of benzene rings is 2. The molecule has 0 fully saturated rings. The van der Waals surface area contributed by atoms with Gasteiger partial charge in [0, 0.05) is 0 Å². The predicted molar refractivity (Wildman–Crippen MR) is 107 cm³/mol. The van der Waals surface area contributed by atoms with Gasteiger partial charge in [-0.3, -0.25) is 0 Å². The van der Waals surface area contributed by atoms with Crippen LogP contribution in [-0.2, 0) is 0 Å². The molecule has 4 heterocycles. The van der Waals surface area contributed by atoms with Crippen molar-refractivity contribution in [2.24, 2.45) is 0 Å². The van der Waals surface area contributed by atoms with Gasteiger partial charge in [-0.15, -0.1) is 0 Å². The number of nitrogens with zero attached hydrogens (tertiary/aromatic N) is 2. The number of furan rings is 2. The quantitative estimate of drug-likeness (QED) is 0.425. The van der Waals surface area contributed by atoms with Crippen LogP contribution < -0.4 is 0 Å². The Morgan fingerprint density at radius 3 is 1.54 bits per heavy atom. The van der Waals surface area contributed by atoms with Crippen molar-refractivity contribution < 1.29 is 8.83 Å². The number of rotatable bonds is 3. The molecule has 0 saturated heterocycles. The van der Waals surface area contributed by atoms with Crippen molar-refractivity contribution in [2.45, 2.75) is 0 Å². The molecule has 4 aromatic heterocycles. The summed E-state index contributed by atoms with van der Waals surface area (Å²) in [6.07, 6.45) is 3.29. The van der Waals surface area contributed by atoms with Crippen LogP contribution in [0.15, 0.2) is 82.0 Å². The van der Waals surface area contributed by atoms with Crippen LogP contribution in [-0.4, -0.2) is 19.9 Å². The van der Waals surface area contributed by atoms with E-state index in [0.29, 0.717) is 0 Å². The average molecular weight is 366 g/mol. The van der Waals surface area contributed by atoms with Crippen LogP contribution in [0.3, 0.4) is 0 Å². The second-order valence-corrected chi connectivity index (χ2v) is 6.59. The predicted octanol–water partition coefficient (Wildman–Crippen LogP) is 5.63. The van der Waals surface area contributed by atoms with Gasteiger partial charge >= 0.3 is 0 Å². The number of hydrogen-bond acceptors (Lipinski definition) is 4. The fraction of sp³-hybridized carbons (Fsp3) is 0. The third kappa shape index (κ3) is 2.35. The fourth-order valence-electron chi connectivity index (χ4n) is 3.44. The Kier molecular flexibility index (Phi) is 3.07. The normalized spacial score (nSPS) is 11.6. The van der Waals surface area contributed by atoms with Gasteiger partial charge in [-0.2, -0.15) is 0 Å². The molecule has 0 aliphatic heterocycles. The lowest BCUT2D eigenvalue weighted by Crippen LogP contribution is -1.79. The molecule has 0 spiro atoms. The van der Waals surface area contributed by atoms with Crippen LogP contribution in [0.2, 0.25) is 0 Å². The molecule has 6 aromatic rings. The topological polar surface area (TPSA) is 83.6 Å². The number of imidazole rings is 2. The van der Waals surface area contributed by atoms with E-state index in [2.05, 4.69) is 44.2 Å². The first-order valence-electron chi connectivity index (χ1n) is 8.91. The maximum atomic E-state index is 5.43. The fourth-order valence-corrected chi connectivity index (χ4v) is 3.44. The Morgan fingerprint density at radius 2 is 1.11 bits per heavy atom. The summed E-state index contributed by atoms with van der Waals surface area (Å²) in [6.45, 7) is 0. The molecule has 0 radical (unpaired) electrons. The van der Waals surface area contributed by atoms with Crippen molar-refractivity contribution in [3.8, 4) is 34.3 Å². The molecule has 0 aliphatic carbocycles. The number of H-pyrrole nitrogens is 2. The zero-order valence-corrected chi connectivity index (χ0v) is 14.6. The number of aromatic amines is 2. The molecular formula is C22H14N4O2. The first-order valence-corrected chi connectivity index (χ1v) is 8.91. The summed E-state index contributed by atoms with van der Waals surface area (Å²) >= 11 is 0. The van der Waals surface area contributed by atoms with E-state index in [4.69, 9.17) is 8.83 Å². The molecule has 0 aliphatic rings. The Hall–Kier alpha value is -4.06. The largest absolute Gasteiger partial charge is 0.461 e. The van der Waals surface area contributed by atoms with E-state index in [1.165, 1.54) is 0 Å². The smallest absolute Gasteiger partial charge is 0.174 e. The molecular weight excluding hydrogens is 352 g/mol. The summed E-state index contributed by atoms with van der Waals surface area (Å²) in [4.78, 5) is 15.9. The summed E-state index contributed by atoms with van der Waals surface area (Å²) in [5.74, 6) is 2.90. The van der Waals surface area contributed by atoms with Gasteiger partial charge in [-0.1, -0.05) is 12.1 Å². The number of nitrogens with one attached hydrogen (secondary N) is 2. The summed E-state index contributed by atoms with van der Waals surface area (Å²) in [6, 6.07) is 19.8. The van der Waals surface area contributed by atoms with Gasteiger partial charge in [0.05, 0.1) is 34.6 Å². The number of hydrogen-bond donors (Lipinski definition) is 2. The lowest BCUT2D eigenvalue weighted by atomic mass is 10.0. The lowest BCUT2D eigenvalue weighted by Gasteiger charge is -2.01. The highest BCUT2D eigenvalue weighted by atomic mass is 16.3. The van der Waals surface area contributed by atoms with Crippen LogP contribution in [0, 0.1) is 0 Å². The Labute approximate surface area is 158 Å². The van der Waals surface area contributed by atoms with E-state index in [0.717, 1.165) is 56.4 Å². The average Bonchev–Trinajstić information content (AvgIpc) is 3.52. The zero-order chi connectivity index (χ0) is 18.5. The first-order chi connectivity index (χ1) is 13.8. The summed E-state index contributed by atoms with van der Waals surface area (Å²) < 4.78 is 10.9. The zero-order valence-electron chi connectivity index (χ0n) is 14.6. The van der Waals surface area contributed by atoms with Gasteiger partial charge in [-0.05, 0) is 59.7 Å². The summed E-state index contributed by atoms with van der Waals surface area (Å²) in [5.41, 5.74) is 5.92. The monoisotopic (exact) mass is 366 g/mol. The minimum atomic E-state index is 0.724. The van der Waals surface area contributed by atoms with Crippen molar-refractivity contribution in [1.82, 2.24) is 19.9 Å². The van der Waals surface area contributed by atoms with Crippen molar-refractivity contribution >= 4 is 22.1 Å². The second kappa shape index (κ2) is 5.72. The third-order valence-corrected chi connectivity index (χ3v) is 4.81. The molecule has 0 atom stereocenters. The van der Waals surface area contributed by atoms with Crippen molar-refractivity contribution in [2.75, 3.05) is 0 Å². The van der Waals surface area contributed by atoms with Gasteiger partial charge in [-0.25, -0.2) is 9.97 Å². The Balaban J connectivity index is 1.42. The molecule has 0 saturated carbocycles. The Bertz CT molecular complexity index is 1300. The minimum absolute atomic E-state index is 0.724. The highest BCUT2D eigenvalue weighted by Crippen LogP contribution is 2.29. The molecule has 6 nitrogen and oxygen atoms in total. The SMILES string of the molecule is c1coc(-c2nc3ccc(-c4ccc5nc(-c6ccco6)[nH]c5c4)cc3[nH]2)c1. The van der Waals surface area contributed by atoms with Gasteiger partial charge in [0.2, 0.25) is 0 Å². The summed E-state index contributed by atoms with van der Waals surface area (Å²) in [7, 11) is 0. The second-order valence-electron chi connectivity index (χ2n) is 6.59.